The first-order valence-corrected chi connectivity index (χ1v) is 7.85. The molecule has 0 aliphatic rings. The number of hydrogen-bond acceptors (Lipinski definition) is 5. The summed E-state index contributed by atoms with van der Waals surface area (Å²) in [5.41, 5.74) is 5.21. The van der Waals surface area contributed by atoms with Crippen molar-refractivity contribution in [2.24, 2.45) is 5.73 Å². The fraction of sp³-hybridized carbons (Fsp3) is 0.0833. The number of halogens is 2. The van der Waals surface area contributed by atoms with Crippen molar-refractivity contribution >= 4 is 26.5 Å². The second-order valence-corrected chi connectivity index (χ2v) is 6.40. The second-order valence-electron chi connectivity index (χ2n) is 3.72. The van der Waals surface area contributed by atoms with Crippen molar-refractivity contribution in [2.75, 3.05) is 11.3 Å². The van der Waals surface area contributed by atoms with Gasteiger partial charge < -0.3 is 5.73 Å². The van der Waals surface area contributed by atoms with Crippen molar-refractivity contribution in [1.29, 1.82) is 0 Å². The van der Waals surface area contributed by atoms with Gasteiger partial charge in [0.1, 0.15) is 16.5 Å². The molecule has 0 aliphatic heterocycles. The Bertz CT molecular complexity index is 823. The standard InChI is InChI=1S/C12H9F2N3O2S2/c13-8-3-4-10(14)11(6-8)21(18,19)17-12-16-7-9(20-12)2-1-5-15/h3-4,6-7H,5,15H2,(H,16,17). The first-order valence-electron chi connectivity index (χ1n) is 5.55. The van der Waals surface area contributed by atoms with Crippen LogP contribution >= 0.6 is 11.3 Å². The lowest BCUT2D eigenvalue weighted by atomic mass is 10.3. The summed E-state index contributed by atoms with van der Waals surface area (Å²) in [4.78, 5) is 3.51. The van der Waals surface area contributed by atoms with Crippen molar-refractivity contribution in [3.8, 4) is 11.8 Å². The molecule has 0 saturated carbocycles. The van der Waals surface area contributed by atoms with Crippen LogP contribution in [0.15, 0.2) is 29.3 Å². The number of aromatic nitrogens is 1. The zero-order valence-electron chi connectivity index (χ0n) is 10.4. The van der Waals surface area contributed by atoms with Crippen molar-refractivity contribution < 1.29 is 17.2 Å². The first kappa shape index (κ1) is 15.4. The summed E-state index contributed by atoms with van der Waals surface area (Å²) in [5, 5.41) is -0.0000161. The fourth-order valence-electron chi connectivity index (χ4n) is 1.37. The highest BCUT2D eigenvalue weighted by atomic mass is 32.2. The quantitative estimate of drug-likeness (QED) is 0.837. The molecule has 110 valence electrons. The lowest BCUT2D eigenvalue weighted by molar-refractivity contribution is 0.555. The summed E-state index contributed by atoms with van der Waals surface area (Å²) in [5.74, 6) is 3.36. The molecule has 5 nitrogen and oxygen atoms in total. The molecule has 0 saturated heterocycles. The van der Waals surface area contributed by atoms with E-state index in [4.69, 9.17) is 5.73 Å². The molecule has 0 atom stereocenters. The summed E-state index contributed by atoms with van der Waals surface area (Å²) in [6, 6.07) is 2.17. The third-order valence-electron chi connectivity index (χ3n) is 2.22. The number of rotatable bonds is 3. The van der Waals surface area contributed by atoms with E-state index >= 15 is 0 Å². The molecule has 2 rings (SSSR count). The molecule has 0 radical (unpaired) electrons. The summed E-state index contributed by atoms with van der Waals surface area (Å²) < 4.78 is 52.6. The topological polar surface area (TPSA) is 85.1 Å². The Morgan fingerprint density at radius 3 is 2.86 bits per heavy atom. The Hall–Kier alpha value is -2.02. The zero-order chi connectivity index (χ0) is 15.5. The number of nitrogens with two attached hydrogens (primary N) is 1. The minimum absolute atomic E-state index is 0.0000161. The highest BCUT2D eigenvalue weighted by molar-refractivity contribution is 7.93. The summed E-state index contributed by atoms with van der Waals surface area (Å²) >= 11 is 0.958. The molecule has 0 aliphatic carbocycles. The average Bonchev–Trinajstić information content (AvgIpc) is 2.86. The third-order valence-corrected chi connectivity index (χ3v) is 4.54. The Morgan fingerprint density at radius 1 is 1.38 bits per heavy atom. The molecule has 0 bridgehead atoms. The molecule has 0 unspecified atom stereocenters. The van der Waals surface area contributed by atoms with Crippen LogP contribution in [0, 0.1) is 23.5 Å². The van der Waals surface area contributed by atoms with E-state index in [-0.39, 0.29) is 11.7 Å². The van der Waals surface area contributed by atoms with Gasteiger partial charge in [-0.1, -0.05) is 23.2 Å². The number of anilines is 1. The Kier molecular flexibility index (Phi) is 4.52. The molecule has 0 fully saturated rings. The maximum Gasteiger partial charge on any atom is 0.266 e. The monoisotopic (exact) mass is 329 g/mol. The number of nitrogens with one attached hydrogen (secondary N) is 1. The lowest BCUT2D eigenvalue weighted by Crippen LogP contribution is -2.14. The molecular formula is C12H9F2N3O2S2. The maximum absolute atomic E-state index is 13.5. The van der Waals surface area contributed by atoms with Crippen LogP contribution in [0.1, 0.15) is 4.88 Å². The van der Waals surface area contributed by atoms with Crippen LogP contribution in [-0.2, 0) is 10.0 Å². The SMILES string of the molecule is NCC#Cc1cnc(NS(=O)(=O)c2cc(F)ccc2F)s1. The van der Waals surface area contributed by atoms with E-state index in [1.165, 1.54) is 6.20 Å². The molecule has 1 heterocycles. The molecule has 1 aromatic heterocycles. The highest BCUT2D eigenvalue weighted by Gasteiger charge is 2.21. The van der Waals surface area contributed by atoms with Gasteiger partial charge in [-0.2, -0.15) is 0 Å². The maximum atomic E-state index is 13.5. The normalized spacial score (nSPS) is 10.8. The first-order chi connectivity index (χ1) is 9.92. The summed E-state index contributed by atoms with van der Waals surface area (Å²) in [6.07, 6.45) is 1.35. The number of nitrogens with zero attached hydrogens (tertiary/aromatic N) is 1. The van der Waals surface area contributed by atoms with Gasteiger partial charge in [-0.05, 0) is 18.2 Å². The number of sulfonamides is 1. The lowest BCUT2D eigenvalue weighted by Gasteiger charge is -2.06. The van der Waals surface area contributed by atoms with Gasteiger partial charge in [0.2, 0.25) is 0 Å². The summed E-state index contributed by atoms with van der Waals surface area (Å²) in [7, 11) is -4.26. The molecule has 3 N–H and O–H groups in total. The molecule has 9 heteroatoms. The van der Waals surface area contributed by atoms with E-state index < -0.39 is 26.6 Å². The zero-order valence-corrected chi connectivity index (χ0v) is 12.1. The van der Waals surface area contributed by atoms with Crippen LogP contribution in [0.5, 0.6) is 0 Å². The van der Waals surface area contributed by atoms with Crippen molar-refractivity contribution in [1.82, 2.24) is 4.98 Å². The van der Waals surface area contributed by atoms with Crippen molar-refractivity contribution in [2.45, 2.75) is 4.90 Å². The van der Waals surface area contributed by atoms with E-state index in [1.54, 1.807) is 0 Å². The van der Waals surface area contributed by atoms with Gasteiger partial charge in [0.25, 0.3) is 10.0 Å². The minimum Gasteiger partial charge on any atom is -0.320 e. The Morgan fingerprint density at radius 2 is 2.14 bits per heavy atom. The molecule has 0 spiro atoms. The van der Waals surface area contributed by atoms with E-state index in [0.29, 0.717) is 10.9 Å². The van der Waals surface area contributed by atoms with Gasteiger partial charge in [0, 0.05) is 0 Å². The Balaban J connectivity index is 2.29. The van der Waals surface area contributed by atoms with Gasteiger partial charge in [0.05, 0.1) is 17.6 Å². The van der Waals surface area contributed by atoms with Gasteiger partial charge in [-0.3, -0.25) is 4.72 Å². The fourth-order valence-corrected chi connectivity index (χ4v) is 3.39. The molecule has 21 heavy (non-hydrogen) atoms. The van der Waals surface area contributed by atoms with Gasteiger partial charge in [0.15, 0.2) is 5.13 Å². The number of thiazole rings is 1. The predicted molar refractivity (Wildman–Crippen MR) is 75.2 cm³/mol. The van der Waals surface area contributed by atoms with Crippen LogP contribution in [0.25, 0.3) is 0 Å². The van der Waals surface area contributed by atoms with Crippen LogP contribution < -0.4 is 10.5 Å². The smallest absolute Gasteiger partial charge is 0.266 e. The Labute approximate surface area is 123 Å². The minimum atomic E-state index is -4.26. The number of hydrogen-bond donors (Lipinski definition) is 2. The van der Waals surface area contributed by atoms with Crippen molar-refractivity contribution in [3.05, 3.63) is 40.9 Å². The second kappa shape index (κ2) is 6.17. The van der Waals surface area contributed by atoms with E-state index in [2.05, 4.69) is 21.5 Å². The van der Waals surface area contributed by atoms with Crippen LogP contribution in [0.2, 0.25) is 0 Å². The van der Waals surface area contributed by atoms with E-state index in [1.807, 2.05) is 0 Å². The highest BCUT2D eigenvalue weighted by Crippen LogP contribution is 2.23. The van der Waals surface area contributed by atoms with E-state index in [9.17, 15) is 17.2 Å². The largest absolute Gasteiger partial charge is 0.320 e. The summed E-state index contributed by atoms with van der Waals surface area (Å²) in [6.45, 7) is 0.160. The van der Waals surface area contributed by atoms with Crippen LogP contribution in [0.4, 0.5) is 13.9 Å². The molecular weight excluding hydrogens is 320 g/mol. The van der Waals surface area contributed by atoms with Gasteiger partial charge in [-0.25, -0.2) is 22.2 Å². The van der Waals surface area contributed by atoms with E-state index in [0.717, 1.165) is 23.5 Å². The van der Waals surface area contributed by atoms with Crippen LogP contribution in [0.3, 0.4) is 0 Å². The third kappa shape index (κ3) is 3.75. The van der Waals surface area contributed by atoms with Crippen molar-refractivity contribution in [3.63, 3.8) is 0 Å². The van der Waals surface area contributed by atoms with Gasteiger partial charge in [-0.15, -0.1) is 0 Å². The van der Waals surface area contributed by atoms with Crippen LogP contribution in [-0.4, -0.2) is 19.9 Å². The average molecular weight is 329 g/mol. The molecule has 1 aromatic carbocycles. The predicted octanol–water partition coefficient (Wildman–Crippen LogP) is 1.53. The van der Waals surface area contributed by atoms with Gasteiger partial charge >= 0.3 is 0 Å². The molecule has 2 aromatic rings. The molecule has 0 amide bonds. The number of benzene rings is 1.